The number of rotatable bonds is 9. The van der Waals surface area contributed by atoms with Crippen LogP contribution in [0.3, 0.4) is 0 Å². The molecule has 1 unspecified atom stereocenters. The van der Waals surface area contributed by atoms with Crippen LogP contribution in [0.5, 0.6) is 6.01 Å². The summed E-state index contributed by atoms with van der Waals surface area (Å²) in [6.45, 7) is 5.64. The lowest BCUT2D eigenvalue weighted by Gasteiger charge is -2.23. The molecular formula is C35H38N6O5S2. The number of hydrogen-bond acceptors (Lipinski definition) is 12. The fraction of sp³-hybridized carbons (Fsp3) is 0.457. The molecule has 0 bridgehead atoms. The Morgan fingerprint density at radius 3 is 2.73 bits per heavy atom. The second-order valence-electron chi connectivity index (χ2n) is 13.3. The van der Waals surface area contributed by atoms with Gasteiger partial charge in [-0.05, 0) is 84.7 Å². The first-order valence-electron chi connectivity index (χ1n) is 16.6. The van der Waals surface area contributed by atoms with Gasteiger partial charge in [0.25, 0.3) is 5.89 Å². The maximum atomic E-state index is 14.2. The summed E-state index contributed by atoms with van der Waals surface area (Å²) in [5.74, 6) is 1.34. The Hall–Kier alpha value is -3.94. The fourth-order valence-electron chi connectivity index (χ4n) is 7.45. The van der Waals surface area contributed by atoms with E-state index < -0.39 is 9.84 Å². The van der Waals surface area contributed by atoms with Crippen molar-refractivity contribution in [3.63, 3.8) is 0 Å². The van der Waals surface area contributed by atoms with Crippen LogP contribution >= 0.6 is 11.3 Å². The van der Waals surface area contributed by atoms with E-state index in [0.717, 1.165) is 77.5 Å². The van der Waals surface area contributed by atoms with Gasteiger partial charge in [-0.15, -0.1) is 11.3 Å². The van der Waals surface area contributed by atoms with Gasteiger partial charge in [0.1, 0.15) is 5.82 Å². The predicted octanol–water partition coefficient (Wildman–Crippen LogP) is 6.80. The summed E-state index contributed by atoms with van der Waals surface area (Å²) < 4.78 is 46.0. The molecule has 0 aromatic carbocycles. The number of nitrogens with zero attached hydrogens (tertiary/aromatic N) is 5. The Labute approximate surface area is 283 Å². The zero-order valence-electron chi connectivity index (χ0n) is 27.2. The molecule has 7 heterocycles. The summed E-state index contributed by atoms with van der Waals surface area (Å²) in [6, 6.07) is 8.29. The topological polar surface area (TPSA) is 142 Å². The Bertz CT molecular complexity index is 2100. The Kier molecular flexibility index (Phi) is 8.16. The highest BCUT2D eigenvalue weighted by Crippen LogP contribution is 2.51. The van der Waals surface area contributed by atoms with Gasteiger partial charge in [0, 0.05) is 47.7 Å². The molecule has 3 aliphatic rings. The molecule has 5 aromatic rings. The summed E-state index contributed by atoms with van der Waals surface area (Å²) in [6.07, 6.45) is 8.99. The number of methoxy groups -OCH3 is 1. The van der Waals surface area contributed by atoms with Crippen molar-refractivity contribution < 1.29 is 22.4 Å². The first kappa shape index (κ1) is 31.3. The Balaban J connectivity index is 1.32. The average molecular weight is 687 g/mol. The molecular weight excluding hydrogens is 649 g/mol. The maximum absolute atomic E-state index is 14.2. The van der Waals surface area contributed by atoms with E-state index in [9.17, 15) is 8.42 Å². The number of anilines is 1. The predicted molar refractivity (Wildman–Crippen MR) is 183 cm³/mol. The second kappa shape index (κ2) is 12.5. The van der Waals surface area contributed by atoms with Crippen LogP contribution in [-0.2, 0) is 27.4 Å². The molecule has 8 rings (SSSR count). The normalized spacial score (nSPS) is 20.3. The Morgan fingerprint density at radius 1 is 1.08 bits per heavy atom. The van der Waals surface area contributed by atoms with Gasteiger partial charge >= 0.3 is 6.01 Å². The van der Waals surface area contributed by atoms with Crippen LogP contribution in [0.25, 0.3) is 32.0 Å². The number of aromatic nitrogens is 5. The molecule has 1 saturated heterocycles. The van der Waals surface area contributed by atoms with Gasteiger partial charge < -0.3 is 19.3 Å². The highest BCUT2D eigenvalue weighted by molar-refractivity contribution is 7.92. The monoisotopic (exact) mass is 686 g/mol. The van der Waals surface area contributed by atoms with Gasteiger partial charge in [0.2, 0.25) is 0 Å². The minimum atomic E-state index is -3.69. The molecule has 11 nitrogen and oxygen atoms in total. The first-order valence-corrected chi connectivity index (χ1v) is 19.1. The van der Waals surface area contributed by atoms with Crippen molar-refractivity contribution in [1.82, 2.24) is 25.1 Å². The van der Waals surface area contributed by atoms with E-state index in [1.165, 1.54) is 24.0 Å². The zero-order chi connectivity index (χ0) is 33.0. The maximum Gasteiger partial charge on any atom is 0.354 e. The molecule has 1 fully saturated rings. The molecule has 13 heteroatoms. The van der Waals surface area contributed by atoms with E-state index in [2.05, 4.69) is 46.4 Å². The number of fused-ring (bicyclic) bond motifs is 3. The average Bonchev–Trinajstić information content (AvgIpc) is 3.89. The van der Waals surface area contributed by atoms with Crippen molar-refractivity contribution in [3.05, 3.63) is 59.3 Å². The molecule has 0 spiro atoms. The molecule has 2 atom stereocenters. The highest BCUT2D eigenvalue weighted by atomic mass is 32.2. The molecule has 1 aliphatic carbocycles. The number of sulfone groups is 1. The van der Waals surface area contributed by atoms with E-state index in [0.29, 0.717) is 29.2 Å². The van der Waals surface area contributed by atoms with Crippen molar-refractivity contribution in [2.24, 2.45) is 11.8 Å². The standard InChI is InChI=1S/C35H38N6O5S2/c1-19(2)23-18-48(42,43)32-29(27-17-21-10-14-37-33(31(21)47-27)39-25-9-8-24-22(25)5-4-13-36-24)28(34-40-35(44-3)41-46-34)26(38-30(23)32)7-6-20-11-15-45-16-12-20/h4-5,10,13-14,17,19-20,23,25H,6-9,11-12,15-16,18H2,1-3H3,(H,37,39)/t23-,25?/m0/s1. The highest BCUT2D eigenvalue weighted by Gasteiger charge is 2.43. The van der Waals surface area contributed by atoms with Crippen LogP contribution in [-0.4, -0.2) is 59.6 Å². The fourth-order valence-corrected chi connectivity index (χ4v) is 10.9. The largest absolute Gasteiger partial charge is 0.465 e. The van der Waals surface area contributed by atoms with E-state index in [4.69, 9.17) is 24.0 Å². The zero-order valence-corrected chi connectivity index (χ0v) is 28.9. The van der Waals surface area contributed by atoms with Gasteiger partial charge in [-0.2, -0.15) is 4.98 Å². The van der Waals surface area contributed by atoms with E-state index in [1.807, 2.05) is 18.3 Å². The third-order valence-electron chi connectivity index (χ3n) is 10.0. The number of thiophene rings is 1. The van der Waals surface area contributed by atoms with E-state index >= 15 is 0 Å². The number of pyridine rings is 3. The van der Waals surface area contributed by atoms with E-state index in [1.54, 1.807) is 6.20 Å². The van der Waals surface area contributed by atoms with Gasteiger partial charge in [0.15, 0.2) is 9.84 Å². The van der Waals surface area contributed by atoms with Gasteiger partial charge in [-0.1, -0.05) is 19.9 Å². The third kappa shape index (κ3) is 5.55. The van der Waals surface area contributed by atoms with Gasteiger partial charge in [-0.3, -0.25) is 9.97 Å². The summed E-state index contributed by atoms with van der Waals surface area (Å²) in [5.41, 5.74) is 4.86. The van der Waals surface area contributed by atoms with Crippen molar-refractivity contribution >= 4 is 37.1 Å². The van der Waals surface area contributed by atoms with Crippen LogP contribution in [0.15, 0.2) is 46.1 Å². The smallest absolute Gasteiger partial charge is 0.354 e. The van der Waals surface area contributed by atoms with Crippen LogP contribution in [0, 0.1) is 11.8 Å². The van der Waals surface area contributed by atoms with E-state index in [-0.39, 0.29) is 40.4 Å². The minimum absolute atomic E-state index is 0.0182. The van der Waals surface area contributed by atoms with Crippen molar-refractivity contribution in [1.29, 1.82) is 0 Å². The summed E-state index contributed by atoms with van der Waals surface area (Å²) in [4.78, 5) is 20.1. The lowest BCUT2D eigenvalue weighted by molar-refractivity contribution is 0.0639. The molecule has 0 radical (unpaired) electrons. The molecule has 250 valence electrons. The summed E-state index contributed by atoms with van der Waals surface area (Å²) >= 11 is 1.52. The molecule has 48 heavy (non-hydrogen) atoms. The van der Waals surface area contributed by atoms with Crippen LogP contribution in [0.2, 0.25) is 0 Å². The van der Waals surface area contributed by atoms with Crippen LogP contribution in [0.1, 0.15) is 74.1 Å². The van der Waals surface area contributed by atoms with Gasteiger partial charge in [-0.25, -0.2) is 13.4 Å². The molecule has 1 N–H and O–H groups in total. The van der Waals surface area contributed by atoms with Crippen molar-refractivity contribution in [3.8, 4) is 27.9 Å². The van der Waals surface area contributed by atoms with Crippen LogP contribution in [0.4, 0.5) is 5.82 Å². The first-order chi connectivity index (χ1) is 23.3. The number of aryl methyl sites for hydroxylation is 2. The molecule has 0 amide bonds. The third-order valence-corrected chi connectivity index (χ3v) is 13.0. The number of nitrogens with one attached hydrogen (secondary N) is 1. The summed E-state index contributed by atoms with van der Waals surface area (Å²) in [7, 11) is -2.21. The quantitative estimate of drug-likeness (QED) is 0.175. The second-order valence-corrected chi connectivity index (χ2v) is 16.3. The molecule has 2 aliphatic heterocycles. The molecule has 0 saturated carbocycles. The number of hydrogen-bond donors (Lipinski definition) is 1. The molecule has 5 aromatic heterocycles. The van der Waals surface area contributed by atoms with Crippen molar-refractivity contribution in [2.75, 3.05) is 31.4 Å². The van der Waals surface area contributed by atoms with Crippen molar-refractivity contribution in [2.45, 2.75) is 69.2 Å². The van der Waals surface area contributed by atoms with Crippen LogP contribution < -0.4 is 10.1 Å². The summed E-state index contributed by atoms with van der Waals surface area (Å²) in [5, 5.41) is 8.67. The Morgan fingerprint density at radius 2 is 1.94 bits per heavy atom. The number of ether oxygens (including phenoxy) is 2. The lowest BCUT2D eigenvalue weighted by Crippen LogP contribution is -2.17. The minimum Gasteiger partial charge on any atom is -0.465 e. The van der Waals surface area contributed by atoms with Gasteiger partial charge in [0.05, 0.1) is 45.5 Å². The SMILES string of the molecule is COc1noc(-c2c(CCC3CCOCC3)nc3c(c2-c2cc4ccnc(NC5CCc6ncccc65)c4s2)S(=O)(=O)C[C@H]3C(C)C)n1. The lowest BCUT2D eigenvalue weighted by atomic mass is 9.89.